The lowest BCUT2D eigenvalue weighted by atomic mass is 10.1. The Bertz CT molecular complexity index is 294. The van der Waals surface area contributed by atoms with Gasteiger partial charge in [-0.1, -0.05) is 13.8 Å². The normalized spacial score (nSPS) is 13.3. The third kappa shape index (κ3) is 3.99. The van der Waals surface area contributed by atoms with E-state index in [9.17, 15) is 0 Å². The van der Waals surface area contributed by atoms with Gasteiger partial charge in [-0.3, -0.25) is 0 Å². The summed E-state index contributed by atoms with van der Waals surface area (Å²) in [4.78, 5) is 0. The summed E-state index contributed by atoms with van der Waals surface area (Å²) in [5.41, 5.74) is 1.31. The summed E-state index contributed by atoms with van der Waals surface area (Å²) in [6, 6.07) is 4.64. The summed E-state index contributed by atoms with van der Waals surface area (Å²) in [7, 11) is 2.07. The number of rotatable bonds is 7. The van der Waals surface area contributed by atoms with Gasteiger partial charge in [0.1, 0.15) is 0 Å². The van der Waals surface area contributed by atoms with Crippen LogP contribution < -0.4 is 5.32 Å². The zero-order valence-corrected chi connectivity index (χ0v) is 10.9. The minimum Gasteiger partial charge on any atom is -0.380 e. The number of ether oxygens (including phenoxy) is 1. The van der Waals surface area contributed by atoms with Crippen LogP contribution in [-0.4, -0.2) is 23.8 Å². The minimum absolute atomic E-state index is 0.426. The molecule has 16 heavy (non-hydrogen) atoms. The molecule has 0 saturated carbocycles. The van der Waals surface area contributed by atoms with E-state index in [0.29, 0.717) is 12.0 Å². The molecule has 0 amide bonds. The number of nitrogens with one attached hydrogen (secondary N) is 1. The molecule has 3 nitrogen and oxygen atoms in total. The summed E-state index contributed by atoms with van der Waals surface area (Å²) in [5.74, 6) is 0.590. The molecule has 0 aliphatic carbocycles. The van der Waals surface area contributed by atoms with E-state index in [1.54, 1.807) is 0 Å². The predicted molar refractivity (Wildman–Crippen MR) is 67.4 cm³/mol. The zero-order chi connectivity index (χ0) is 12.0. The molecule has 1 aromatic rings. The van der Waals surface area contributed by atoms with Crippen LogP contribution >= 0.6 is 0 Å². The standard InChI is InChI=1S/C13H24N2O/c1-5-16-10-13(11(2)3)14-9-12-7-6-8-15(12)4/h6-8,11,13-14H,5,9-10H2,1-4H3. The molecule has 0 aliphatic rings. The van der Waals surface area contributed by atoms with Crippen molar-refractivity contribution in [2.45, 2.75) is 33.4 Å². The van der Waals surface area contributed by atoms with Gasteiger partial charge >= 0.3 is 0 Å². The Morgan fingerprint density at radius 1 is 1.44 bits per heavy atom. The Morgan fingerprint density at radius 3 is 2.69 bits per heavy atom. The first kappa shape index (κ1) is 13.3. The molecule has 3 heteroatoms. The van der Waals surface area contributed by atoms with Gasteiger partial charge in [-0.05, 0) is 25.0 Å². The summed E-state index contributed by atoms with van der Waals surface area (Å²) in [6.45, 7) is 8.96. The van der Waals surface area contributed by atoms with Crippen LogP contribution in [-0.2, 0) is 18.3 Å². The van der Waals surface area contributed by atoms with Crippen molar-refractivity contribution in [2.75, 3.05) is 13.2 Å². The first-order chi connectivity index (χ1) is 7.65. The molecule has 1 heterocycles. The quantitative estimate of drug-likeness (QED) is 0.768. The molecule has 0 aromatic carbocycles. The Hall–Kier alpha value is -0.800. The largest absolute Gasteiger partial charge is 0.380 e. The summed E-state index contributed by atoms with van der Waals surface area (Å²) in [6.07, 6.45) is 2.07. The fourth-order valence-electron chi connectivity index (χ4n) is 1.65. The van der Waals surface area contributed by atoms with Crippen LogP contribution in [0, 0.1) is 5.92 Å². The fourth-order valence-corrected chi connectivity index (χ4v) is 1.65. The van der Waals surface area contributed by atoms with E-state index < -0.39 is 0 Å². The van der Waals surface area contributed by atoms with Gasteiger partial charge < -0.3 is 14.6 Å². The molecule has 0 fully saturated rings. The van der Waals surface area contributed by atoms with Crippen molar-refractivity contribution in [1.82, 2.24) is 9.88 Å². The molecule has 0 bridgehead atoms. The number of aryl methyl sites for hydroxylation is 1. The Labute approximate surface area is 98.8 Å². The maximum absolute atomic E-state index is 5.49. The highest BCUT2D eigenvalue weighted by Gasteiger charge is 2.12. The molecule has 1 aromatic heterocycles. The number of hydrogen-bond donors (Lipinski definition) is 1. The third-order valence-electron chi connectivity index (χ3n) is 2.90. The minimum atomic E-state index is 0.426. The van der Waals surface area contributed by atoms with Gasteiger partial charge in [0.05, 0.1) is 6.61 Å². The van der Waals surface area contributed by atoms with Crippen molar-refractivity contribution in [1.29, 1.82) is 0 Å². The van der Waals surface area contributed by atoms with E-state index in [2.05, 4.69) is 49.1 Å². The van der Waals surface area contributed by atoms with Crippen molar-refractivity contribution < 1.29 is 4.74 Å². The average Bonchev–Trinajstić information content (AvgIpc) is 2.64. The molecule has 1 unspecified atom stereocenters. The van der Waals surface area contributed by atoms with E-state index in [1.165, 1.54) is 5.69 Å². The number of aromatic nitrogens is 1. The van der Waals surface area contributed by atoms with Crippen LogP contribution in [0.4, 0.5) is 0 Å². The van der Waals surface area contributed by atoms with Crippen LogP contribution in [0.5, 0.6) is 0 Å². The smallest absolute Gasteiger partial charge is 0.0622 e. The van der Waals surface area contributed by atoms with Crippen molar-refractivity contribution >= 4 is 0 Å². The van der Waals surface area contributed by atoms with Crippen molar-refractivity contribution in [2.24, 2.45) is 13.0 Å². The fraction of sp³-hybridized carbons (Fsp3) is 0.692. The highest BCUT2D eigenvalue weighted by molar-refractivity contribution is 5.06. The predicted octanol–water partition coefficient (Wildman–Crippen LogP) is 2.18. The van der Waals surface area contributed by atoms with Gasteiger partial charge in [0, 0.05) is 38.1 Å². The van der Waals surface area contributed by atoms with Crippen molar-refractivity contribution in [3.05, 3.63) is 24.0 Å². The highest BCUT2D eigenvalue weighted by Crippen LogP contribution is 2.05. The Morgan fingerprint density at radius 2 is 2.19 bits per heavy atom. The SMILES string of the molecule is CCOCC(NCc1cccn1C)C(C)C. The molecule has 0 aliphatic heterocycles. The molecular weight excluding hydrogens is 200 g/mol. The molecule has 0 radical (unpaired) electrons. The van der Waals surface area contributed by atoms with E-state index in [0.717, 1.165) is 19.8 Å². The molecular formula is C13H24N2O. The van der Waals surface area contributed by atoms with Crippen LogP contribution in [0.2, 0.25) is 0 Å². The van der Waals surface area contributed by atoms with Gasteiger partial charge in [0.25, 0.3) is 0 Å². The average molecular weight is 224 g/mol. The topological polar surface area (TPSA) is 26.2 Å². The van der Waals surface area contributed by atoms with Gasteiger partial charge in [-0.25, -0.2) is 0 Å². The third-order valence-corrected chi connectivity index (χ3v) is 2.90. The second kappa shape index (κ2) is 6.71. The Kier molecular flexibility index (Phi) is 5.56. The van der Waals surface area contributed by atoms with E-state index in [1.807, 2.05) is 6.92 Å². The molecule has 1 atom stereocenters. The lowest BCUT2D eigenvalue weighted by Gasteiger charge is -2.22. The van der Waals surface area contributed by atoms with Crippen molar-refractivity contribution in [3.8, 4) is 0 Å². The van der Waals surface area contributed by atoms with Crippen LogP contribution in [0.3, 0.4) is 0 Å². The first-order valence-corrected chi connectivity index (χ1v) is 6.06. The first-order valence-electron chi connectivity index (χ1n) is 6.06. The molecule has 0 saturated heterocycles. The molecule has 1 rings (SSSR count). The van der Waals surface area contributed by atoms with Gasteiger partial charge in [-0.2, -0.15) is 0 Å². The summed E-state index contributed by atoms with van der Waals surface area (Å²) in [5, 5.41) is 3.55. The molecule has 0 spiro atoms. The van der Waals surface area contributed by atoms with Crippen LogP contribution in [0.1, 0.15) is 26.5 Å². The van der Waals surface area contributed by atoms with Gasteiger partial charge in [0.2, 0.25) is 0 Å². The van der Waals surface area contributed by atoms with E-state index in [4.69, 9.17) is 4.74 Å². The van der Waals surface area contributed by atoms with E-state index >= 15 is 0 Å². The lowest BCUT2D eigenvalue weighted by molar-refractivity contribution is 0.107. The monoisotopic (exact) mass is 224 g/mol. The number of hydrogen-bond acceptors (Lipinski definition) is 2. The second-order valence-electron chi connectivity index (χ2n) is 4.50. The number of nitrogens with zero attached hydrogens (tertiary/aromatic N) is 1. The van der Waals surface area contributed by atoms with Gasteiger partial charge in [0.15, 0.2) is 0 Å². The Balaban J connectivity index is 2.40. The highest BCUT2D eigenvalue weighted by atomic mass is 16.5. The molecule has 1 N–H and O–H groups in total. The zero-order valence-electron chi connectivity index (χ0n) is 10.9. The maximum atomic E-state index is 5.49. The van der Waals surface area contributed by atoms with Crippen molar-refractivity contribution in [3.63, 3.8) is 0 Å². The lowest BCUT2D eigenvalue weighted by Crippen LogP contribution is -2.37. The molecule has 92 valence electrons. The second-order valence-corrected chi connectivity index (χ2v) is 4.50. The van der Waals surface area contributed by atoms with E-state index in [-0.39, 0.29) is 0 Å². The summed E-state index contributed by atoms with van der Waals surface area (Å²) < 4.78 is 7.63. The van der Waals surface area contributed by atoms with Crippen LogP contribution in [0.25, 0.3) is 0 Å². The summed E-state index contributed by atoms with van der Waals surface area (Å²) >= 11 is 0. The van der Waals surface area contributed by atoms with Crippen LogP contribution in [0.15, 0.2) is 18.3 Å². The van der Waals surface area contributed by atoms with Gasteiger partial charge in [-0.15, -0.1) is 0 Å². The maximum Gasteiger partial charge on any atom is 0.0622 e.